The van der Waals surface area contributed by atoms with E-state index in [1.54, 1.807) is 17.5 Å². The van der Waals surface area contributed by atoms with Crippen LogP contribution >= 0.6 is 11.3 Å². The summed E-state index contributed by atoms with van der Waals surface area (Å²) >= 11 is 1.22. The molecule has 0 fully saturated rings. The van der Waals surface area contributed by atoms with Crippen LogP contribution in [0.15, 0.2) is 40.6 Å². The number of anilines is 2. The second-order valence-electron chi connectivity index (χ2n) is 4.38. The van der Waals surface area contributed by atoms with Gasteiger partial charge in [-0.15, -0.1) is 11.3 Å². The van der Waals surface area contributed by atoms with Gasteiger partial charge in [-0.2, -0.15) is 0 Å². The summed E-state index contributed by atoms with van der Waals surface area (Å²) < 4.78 is 27.3. The van der Waals surface area contributed by atoms with Crippen molar-refractivity contribution < 1.29 is 13.5 Å². The summed E-state index contributed by atoms with van der Waals surface area (Å²) in [4.78, 5) is 2.39. The van der Waals surface area contributed by atoms with E-state index >= 15 is 0 Å². The number of benzene rings is 1. The van der Waals surface area contributed by atoms with Crippen molar-refractivity contribution in [2.45, 2.75) is 11.5 Å². The van der Waals surface area contributed by atoms with Gasteiger partial charge in [0, 0.05) is 14.1 Å². The van der Waals surface area contributed by atoms with Gasteiger partial charge in [0.15, 0.2) is 0 Å². The summed E-state index contributed by atoms with van der Waals surface area (Å²) in [6.07, 6.45) is 0. The van der Waals surface area contributed by atoms with Gasteiger partial charge in [-0.25, -0.2) is 8.42 Å². The summed E-state index contributed by atoms with van der Waals surface area (Å²) in [5.74, 6) is 0. The minimum Gasteiger partial charge on any atom is -0.391 e. The highest BCUT2D eigenvalue weighted by Gasteiger charge is 2.20. The fraction of sp³-hybridized carbons (Fsp3) is 0.231. The zero-order valence-corrected chi connectivity index (χ0v) is 12.8. The molecule has 0 radical (unpaired) electrons. The van der Waals surface area contributed by atoms with E-state index in [1.165, 1.54) is 17.4 Å². The van der Waals surface area contributed by atoms with Gasteiger partial charge in [-0.1, -0.05) is 12.1 Å². The molecule has 0 saturated carbocycles. The molecule has 0 bridgehead atoms. The first-order valence-corrected chi connectivity index (χ1v) is 8.28. The molecule has 20 heavy (non-hydrogen) atoms. The zero-order valence-electron chi connectivity index (χ0n) is 11.2. The second-order valence-corrected chi connectivity index (χ2v) is 7.03. The highest BCUT2D eigenvalue weighted by Crippen LogP contribution is 2.28. The smallest absolute Gasteiger partial charge is 0.263 e. The van der Waals surface area contributed by atoms with Crippen LogP contribution in [0, 0.1) is 0 Å². The van der Waals surface area contributed by atoms with Gasteiger partial charge in [-0.05, 0) is 23.6 Å². The van der Waals surface area contributed by atoms with Crippen LogP contribution in [0.1, 0.15) is 4.88 Å². The number of hydrogen-bond acceptors (Lipinski definition) is 5. The van der Waals surface area contributed by atoms with Crippen LogP contribution in [0.4, 0.5) is 11.4 Å². The molecule has 1 aromatic carbocycles. The fourth-order valence-electron chi connectivity index (χ4n) is 1.83. The minimum absolute atomic E-state index is 0.124. The first kappa shape index (κ1) is 14.8. The third-order valence-corrected chi connectivity index (χ3v) is 5.25. The van der Waals surface area contributed by atoms with E-state index in [1.807, 2.05) is 31.1 Å². The maximum atomic E-state index is 12.4. The summed E-state index contributed by atoms with van der Waals surface area (Å²) in [6.45, 7) is -0.288. The van der Waals surface area contributed by atoms with E-state index in [-0.39, 0.29) is 11.5 Å². The van der Waals surface area contributed by atoms with Gasteiger partial charge in [-0.3, -0.25) is 4.72 Å². The number of rotatable bonds is 5. The Kier molecular flexibility index (Phi) is 4.32. The summed E-state index contributed by atoms with van der Waals surface area (Å²) in [7, 11) is -0.00678. The summed E-state index contributed by atoms with van der Waals surface area (Å²) in [5, 5.41) is 10.8. The molecule has 0 amide bonds. The van der Waals surface area contributed by atoms with Crippen LogP contribution in [0.5, 0.6) is 0 Å². The van der Waals surface area contributed by atoms with Crippen LogP contribution in [-0.2, 0) is 16.6 Å². The highest BCUT2D eigenvalue weighted by molar-refractivity contribution is 7.93. The number of nitrogens with zero attached hydrogens (tertiary/aromatic N) is 1. The molecule has 2 rings (SSSR count). The molecule has 1 heterocycles. The van der Waals surface area contributed by atoms with Crippen molar-refractivity contribution >= 4 is 32.7 Å². The van der Waals surface area contributed by atoms with Crippen molar-refractivity contribution in [1.29, 1.82) is 0 Å². The van der Waals surface area contributed by atoms with Gasteiger partial charge in [0.2, 0.25) is 0 Å². The number of sulfonamides is 1. The molecular formula is C13H16N2O3S2. The fourth-order valence-corrected chi connectivity index (χ4v) is 4.20. The Bertz CT molecular complexity index is 693. The number of aliphatic hydroxyl groups excluding tert-OH is 1. The number of hydrogen-bond donors (Lipinski definition) is 2. The van der Waals surface area contributed by atoms with Crippen LogP contribution in [0.3, 0.4) is 0 Å². The largest absolute Gasteiger partial charge is 0.391 e. The Morgan fingerprint density at radius 1 is 1.25 bits per heavy atom. The maximum Gasteiger partial charge on any atom is 0.263 e. The molecular weight excluding hydrogens is 296 g/mol. The lowest BCUT2D eigenvalue weighted by atomic mass is 10.2. The van der Waals surface area contributed by atoms with Crippen LogP contribution in [-0.4, -0.2) is 27.6 Å². The number of para-hydroxylation sites is 2. The van der Waals surface area contributed by atoms with Crippen LogP contribution in [0.25, 0.3) is 0 Å². The van der Waals surface area contributed by atoms with E-state index in [9.17, 15) is 13.5 Å². The number of aliphatic hydroxyl groups is 1. The molecule has 2 N–H and O–H groups in total. The van der Waals surface area contributed by atoms with Gasteiger partial charge >= 0.3 is 0 Å². The van der Waals surface area contributed by atoms with Crippen molar-refractivity contribution in [3.8, 4) is 0 Å². The van der Waals surface area contributed by atoms with E-state index in [0.717, 1.165) is 5.69 Å². The zero-order chi connectivity index (χ0) is 14.8. The normalized spacial score (nSPS) is 11.3. The Balaban J connectivity index is 2.39. The van der Waals surface area contributed by atoms with Gasteiger partial charge in [0.1, 0.15) is 4.90 Å². The first-order chi connectivity index (χ1) is 9.45. The molecule has 0 aliphatic carbocycles. The van der Waals surface area contributed by atoms with Crippen molar-refractivity contribution in [3.63, 3.8) is 0 Å². The topological polar surface area (TPSA) is 69.6 Å². The molecule has 0 atom stereocenters. The second kappa shape index (κ2) is 5.82. The van der Waals surface area contributed by atoms with Crippen LogP contribution in [0.2, 0.25) is 0 Å². The van der Waals surface area contributed by atoms with E-state index in [4.69, 9.17) is 0 Å². The molecule has 2 aromatic rings. The molecule has 0 unspecified atom stereocenters. The highest BCUT2D eigenvalue weighted by atomic mass is 32.2. The Hall–Kier alpha value is -1.57. The Morgan fingerprint density at radius 3 is 2.60 bits per heavy atom. The number of nitrogens with one attached hydrogen (secondary N) is 1. The molecule has 0 saturated heterocycles. The Labute approximate surface area is 122 Å². The van der Waals surface area contributed by atoms with E-state index in [2.05, 4.69) is 4.72 Å². The van der Waals surface area contributed by atoms with Gasteiger partial charge in [0.25, 0.3) is 10.0 Å². The van der Waals surface area contributed by atoms with Crippen molar-refractivity contribution in [1.82, 2.24) is 0 Å². The number of thiophene rings is 1. The predicted octanol–water partition coefficient (Wildman–Crippen LogP) is 2.11. The molecule has 0 aliphatic heterocycles. The average Bonchev–Trinajstić information content (AvgIpc) is 2.87. The predicted molar refractivity (Wildman–Crippen MR) is 81.8 cm³/mol. The van der Waals surface area contributed by atoms with Crippen molar-refractivity contribution in [3.05, 3.63) is 40.6 Å². The van der Waals surface area contributed by atoms with Crippen LogP contribution < -0.4 is 9.62 Å². The molecule has 0 aliphatic rings. The molecule has 108 valence electrons. The summed E-state index contributed by atoms with van der Waals surface area (Å²) in [5.41, 5.74) is 1.28. The van der Waals surface area contributed by atoms with Gasteiger partial charge in [0.05, 0.1) is 22.9 Å². The Morgan fingerprint density at radius 2 is 1.95 bits per heavy atom. The SMILES string of the molecule is CN(C)c1ccccc1NS(=O)(=O)c1ccsc1CO. The lowest BCUT2D eigenvalue weighted by molar-refractivity contribution is 0.282. The standard InChI is InChI=1S/C13H16N2O3S2/c1-15(2)11-6-4-3-5-10(11)14-20(17,18)13-7-8-19-12(13)9-16/h3-8,14,16H,9H2,1-2H3. The maximum absolute atomic E-state index is 12.4. The molecule has 7 heteroatoms. The molecule has 5 nitrogen and oxygen atoms in total. The minimum atomic E-state index is -3.70. The third kappa shape index (κ3) is 2.95. The quantitative estimate of drug-likeness (QED) is 0.887. The van der Waals surface area contributed by atoms with Crippen molar-refractivity contribution in [2.75, 3.05) is 23.7 Å². The van der Waals surface area contributed by atoms with Gasteiger partial charge < -0.3 is 10.0 Å². The lowest BCUT2D eigenvalue weighted by Gasteiger charge is -2.18. The van der Waals surface area contributed by atoms with E-state index < -0.39 is 10.0 Å². The molecule has 1 aromatic heterocycles. The van der Waals surface area contributed by atoms with Crippen molar-refractivity contribution in [2.24, 2.45) is 0 Å². The monoisotopic (exact) mass is 312 g/mol. The van der Waals surface area contributed by atoms with E-state index in [0.29, 0.717) is 10.6 Å². The lowest BCUT2D eigenvalue weighted by Crippen LogP contribution is -2.17. The molecule has 0 spiro atoms. The third-order valence-electron chi connectivity index (χ3n) is 2.77. The summed E-state index contributed by atoms with van der Waals surface area (Å²) in [6, 6.07) is 8.65. The average molecular weight is 312 g/mol. The first-order valence-electron chi connectivity index (χ1n) is 5.92.